The van der Waals surface area contributed by atoms with Crippen LogP contribution in [-0.4, -0.2) is 65.4 Å². The summed E-state index contributed by atoms with van der Waals surface area (Å²) in [5.74, 6) is -0.810. The van der Waals surface area contributed by atoms with Crippen LogP contribution in [-0.2, 0) is 27.4 Å². The molecule has 1 aromatic carbocycles. The van der Waals surface area contributed by atoms with E-state index in [-0.39, 0.29) is 35.8 Å². The molecule has 3 unspecified atom stereocenters. The zero-order valence-electron chi connectivity index (χ0n) is 16.9. The maximum atomic E-state index is 13.0. The van der Waals surface area contributed by atoms with E-state index in [1.54, 1.807) is 12.0 Å². The first-order valence-corrected chi connectivity index (χ1v) is 10.1. The Morgan fingerprint density at radius 3 is 2.79 bits per heavy atom. The summed E-state index contributed by atoms with van der Waals surface area (Å²) < 4.78 is 5.57. The first-order valence-electron chi connectivity index (χ1n) is 10.1. The zero-order valence-corrected chi connectivity index (χ0v) is 16.9. The van der Waals surface area contributed by atoms with Gasteiger partial charge in [-0.3, -0.25) is 24.6 Å². The molecule has 0 aliphatic carbocycles. The first kappa shape index (κ1) is 20.0. The third-order valence-electron chi connectivity index (χ3n) is 6.67. The fraction of sp³-hybridized carbons (Fsp3) is 0.571. The van der Waals surface area contributed by atoms with Crippen molar-refractivity contribution in [3.05, 3.63) is 34.9 Å². The van der Waals surface area contributed by atoms with Crippen molar-refractivity contribution < 1.29 is 19.1 Å². The number of hydrogen-bond acceptors (Lipinski definition) is 6. The molecule has 29 heavy (non-hydrogen) atoms. The molecule has 3 aliphatic rings. The Morgan fingerprint density at radius 1 is 1.31 bits per heavy atom. The third-order valence-corrected chi connectivity index (χ3v) is 6.67. The van der Waals surface area contributed by atoms with E-state index in [2.05, 4.69) is 17.1 Å². The van der Waals surface area contributed by atoms with Crippen LogP contribution in [0.3, 0.4) is 0 Å². The van der Waals surface area contributed by atoms with Gasteiger partial charge in [-0.15, -0.1) is 0 Å². The lowest BCUT2D eigenvalue weighted by Gasteiger charge is -2.34. The highest BCUT2D eigenvalue weighted by Gasteiger charge is 2.43. The molecule has 0 aromatic heterocycles. The molecule has 3 amide bonds. The summed E-state index contributed by atoms with van der Waals surface area (Å²) in [6.07, 6.45) is 1.63. The fourth-order valence-electron chi connectivity index (χ4n) is 4.78. The smallest absolute Gasteiger partial charge is 0.255 e. The van der Waals surface area contributed by atoms with Crippen LogP contribution in [0.15, 0.2) is 18.2 Å². The van der Waals surface area contributed by atoms with Crippen LogP contribution in [0.25, 0.3) is 0 Å². The Bertz CT molecular complexity index is 857. The molecule has 1 aromatic rings. The Morgan fingerprint density at radius 2 is 2.10 bits per heavy atom. The number of methoxy groups -OCH3 is 1. The lowest BCUT2D eigenvalue weighted by atomic mass is 9.96. The van der Waals surface area contributed by atoms with E-state index in [0.29, 0.717) is 31.6 Å². The number of nitrogens with two attached hydrogens (primary N) is 1. The average Bonchev–Trinajstić information content (AvgIpc) is 3.21. The van der Waals surface area contributed by atoms with Gasteiger partial charge in [-0.2, -0.15) is 0 Å². The van der Waals surface area contributed by atoms with Gasteiger partial charge in [-0.25, -0.2) is 0 Å². The summed E-state index contributed by atoms with van der Waals surface area (Å²) in [7, 11) is 1.72. The molecule has 2 saturated heterocycles. The van der Waals surface area contributed by atoms with Crippen molar-refractivity contribution in [2.45, 2.75) is 57.0 Å². The molecule has 0 radical (unpaired) electrons. The molecule has 8 nitrogen and oxygen atoms in total. The minimum Gasteiger partial charge on any atom is -0.380 e. The van der Waals surface area contributed by atoms with Gasteiger partial charge in [0.15, 0.2) is 0 Å². The van der Waals surface area contributed by atoms with Gasteiger partial charge in [0.25, 0.3) is 5.91 Å². The summed E-state index contributed by atoms with van der Waals surface area (Å²) in [6, 6.07) is 5.15. The standard InChI is InChI=1S/C21H28N4O4/c1-21(12-22)8-14(29-2)10-24(21)9-13-4-3-5-15-16(13)11-25(20(15)28)17-6-7-18(26)23-19(17)27/h3-5,14,17H,6-12,22H2,1-2H3,(H,23,26,27). The summed E-state index contributed by atoms with van der Waals surface area (Å²) in [5.41, 5.74) is 8.60. The molecule has 156 valence electrons. The number of ether oxygens (including phenoxy) is 1. The van der Waals surface area contributed by atoms with Crippen LogP contribution >= 0.6 is 0 Å². The molecule has 0 saturated carbocycles. The van der Waals surface area contributed by atoms with Crippen molar-refractivity contribution in [1.29, 1.82) is 0 Å². The van der Waals surface area contributed by atoms with E-state index >= 15 is 0 Å². The minimum atomic E-state index is -0.598. The number of fused-ring (bicyclic) bond motifs is 1. The van der Waals surface area contributed by atoms with Crippen LogP contribution in [0, 0.1) is 0 Å². The third kappa shape index (κ3) is 3.45. The van der Waals surface area contributed by atoms with Crippen molar-refractivity contribution in [1.82, 2.24) is 15.1 Å². The highest BCUT2D eigenvalue weighted by molar-refractivity contribution is 6.05. The number of piperidine rings is 1. The predicted octanol–water partition coefficient (Wildman–Crippen LogP) is 0.386. The normalized spacial score (nSPS) is 30.0. The number of rotatable bonds is 5. The number of nitrogens with one attached hydrogen (secondary N) is 1. The number of hydrogen-bond donors (Lipinski definition) is 2. The Kier molecular flexibility index (Phi) is 5.18. The molecule has 3 atom stereocenters. The first-order chi connectivity index (χ1) is 13.9. The van der Waals surface area contributed by atoms with Gasteiger partial charge in [0.2, 0.25) is 11.8 Å². The second-order valence-corrected chi connectivity index (χ2v) is 8.49. The summed E-state index contributed by atoms with van der Waals surface area (Å²) >= 11 is 0. The summed E-state index contributed by atoms with van der Waals surface area (Å²) in [5, 5.41) is 2.35. The van der Waals surface area contributed by atoms with Gasteiger partial charge in [-0.1, -0.05) is 12.1 Å². The Labute approximate surface area is 170 Å². The largest absolute Gasteiger partial charge is 0.380 e. The molecular formula is C21H28N4O4. The van der Waals surface area contributed by atoms with Crippen molar-refractivity contribution >= 4 is 17.7 Å². The highest BCUT2D eigenvalue weighted by Crippen LogP contribution is 2.35. The quantitative estimate of drug-likeness (QED) is 0.693. The molecule has 8 heteroatoms. The number of carbonyl (C=O) groups is 3. The lowest BCUT2D eigenvalue weighted by molar-refractivity contribution is -0.136. The second-order valence-electron chi connectivity index (χ2n) is 8.49. The van der Waals surface area contributed by atoms with Crippen LogP contribution in [0.2, 0.25) is 0 Å². The van der Waals surface area contributed by atoms with E-state index in [0.717, 1.165) is 24.1 Å². The van der Waals surface area contributed by atoms with E-state index in [9.17, 15) is 14.4 Å². The SMILES string of the molecule is COC1CN(Cc2cccc3c2CN(C2CCC(=O)NC2=O)C3=O)C(C)(CN)C1. The molecule has 3 aliphatic heterocycles. The van der Waals surface area contributed by atoms with Crippen LogP contribution in [0.4, 0.5) is 0 Å². The van der Waals surface area contributed by atoms with Gasteiger partial charge in [0.1, 0.15) is 6.04 Å². The minimum absolute atomic E-state index is 0.141. The van der Waals surface area contributed by atoms with E-state index in [1.165, 1.54) is 0 Å². The van der Waals surface area contributed by atoms with Crippen molar-refractivity contribution in [2.75, 3.05) is 20.2 Å². The lowest BCUT2D eigenvalue weighted by Crippen LogP contribution is -2.52. The zero-order chi connectivity index (χ0) is 20.8. The second kappa shape index (κ2) is 7.51. The van der Waals surface area contributed by atoms with Crippen LogP contribution < -0.4 is 11.1 Å². The van der Waals surface area contributed by atoms with Gasteiger partial charge >= 0.3 is 0 Å². The Balaban J connectivity index is 1.57. The molecule has 0 spiro atoms. The highest BCUT2D eigenvalue weighted by atomic mass is 16.5. The van der Waals surface area contributed by atoms with E-state index in [4.69, 9.17) is 10.5 Å². The van der Waals surface area contributed by atoms with Crippen LogP contribution in [0.1, 0.15) is 47.7 Å². The topological polar surface area (TPSA) is 105 Å². The van der Waals surface area contributed by atoms with Crippen molar-refractivity contribution in [3.63, 3.8) is 0 Å². The molecule has 3 N–H and O–H groups in total. The maximum Gasteiger partial charge on any atom is 0.255 e. The summed E-state index contributed by atoms with van der Waals surface area (Å²) in [6.45, 7) is 4.53. The van der Waals surface area contributed by atoms with Gasteiger partial charge in [-0.05, 0) is 37.0 Å². The van der Waals surface area contributed by atoms with E-state index < -0.39 is 6.04 Å². The van der Waals surface area contributed by atoms with Gasteiger partial charge in [0, 0.05) is 50.8 Å². The molecule has 2 fully saturated rings. The van der Waals surface area contributed by atoms with E-state index in [1.807, 2.05) is 18.2 Å². The van der Waals surface area contributed by atoms with Gasteiger partial charge < -0.3 is 15.4 Å². The Hall–Kier alpha value is -2.29. The number of amides is 3. The number of likely N-dealkylation sites (tertiary alicyclic amines) is 1. The van der Waals surface area contributed by atoms with Crippen LogP contribution in [0.5, 0.6) is 0 Å². The maximum absolute atomic E-state index is 13.0. The number of nitrogens with zero attached hydrogens (tertiary/aromatic N) is 2. The molecule has 4 rings (SSSR count). The number of carbonyl (C=O) groups excluding carboxylic acids is 3. The molecular weight excluding hydrogens is 372 g/mol. The van der Waals surface area contributed by atoms with Crippen molar-refractivity contribution in [2.24, 2.45) is 5.73 Å². The average molecular weight is 400 g/mol. The summed E-state index contributed by atoms with van der Waals surface area (Å²) in [4.78, 5) is 40.7. The fourth-order valence-corrected chi connectivity index (χ4v) is 4.78. The monoisotopic (exact) mass is 400 g/mol. The predicted molar refractivity (Wildman–Crippen MR) is 106 cm³/mol. The molecule has 0 bridgehead atoms. The molecule has 3 heterocycles. The van der Waals surface area contributed by atoms with Crippen molar-refractivity contribution in [3.8, 4) is 0 Å². The number of benzene rings is 1. The van der Waals surface area contributed by atoms with Gasteiger partial charge in [0.05, 0.1) is 6.10 Å². The number of imide groups is 1.